The van der Waals surface area contributed by atoms with Gasteiger partial charge in [-0.15, -0.1) is 0 Å². The molecule has 1 atom stereocenters. The maximum atomic E-state index is 12.5. The van der Waals surface area contributed by atoms with Gasteiger partial charge in [-0.25, -0.2) is 0 Å². The minimum absolute atomic E-state index is 0.308. The highest BCUT2D eigenvalue weighted by Gasteiger charge is 2.24. The van der Waals surface area contributed by atoms with Gasteiger partial charge in [-0.2, -0.15) is 0 Å². The summed E-state index contributed by atoms with van der Waals surface area (Å²) in [6.45, 7) is 10.7. The first-order valence-corrected chi connectivity index (χ1v) is 8.93. The number of hydrogen-bond acceptors (Lipinski definition) is 3. The lowest BCUT2D eigenvalue weighted by Gasteiger charge is -2.38. The topological polar surface area (TPSA) is 26.8 Å². The first-order chi connectivity index (χ1) is 11.1. The lowest BCUT2D eigenvalue weighted by molar-refractivity contribution is -0.133. The summed E-state index contributed by atoms with van der Waals surface area (Å²) in [5.41, 5.74) is 2.57. The van der Waals surface area contributed by atoms with Crippen LogP contribution in [-0.2, 0) is 4.79 Å². The Morgan fingerprint density at radius 1 is 1.17 bits per heavy atom. The summed E-state index contributed by atoms with van der Waals surface area (Å²) in [5, 5.41) is 0. The molecule has 0 bridgehead atoms. The number of aryl methyl sites for hydroxylation is 1. The molecule has 2 fully saturated rings. The van der Waals surface area contributed by atoms with E-state index in [1.54, 1.807) is 0 Å². The molecule has 1 unspecified atom stereocenters. The Labute approximate surface area is 140 Å². The largest absolute Gasteiger partial charge is 0.368 e. The molecule has 126 valence electrons. The molecule has 2 aliphatic rings. The molecule has 0 radical (unpaired) electrons. The number of benzene rings is 1. The summed E-state index contributed by atoms with van der Waals surface area (Å²) in [4.78, 5) is 19.3. The van der Waals surface area contributed by atoms with Crippen molar-refractivity contribution < 1.29 is 4.79 Å². The van der Waals surface area contributed by atoms with Crippen LogP contribution in [0.4, 0.5) is 5.69 Å². The van der Waals surface area contributed by atoms with Crippen molar-refractivity contribution in [2.45, 2.75) is 26.7 Å². The maximum absolute atomic E-state index is 12.5. The third-order valence-corrected chi connectivity index (χ3v) is 5.10. The van der Waals surface area contributed by atoms with Gasteiger partial charge in [-0.1, -0.05) is 19.1 Å². The van der Waals surface area contributed by atoms with Gasteiger partial charge >= 0.3 is 0 Å². The van der Waals surface area contributed by atoms with Crippen LogP contribution in [0, 0.1) is 12.8 Å². The van der Waals surface area contributed by atoms with Gasteiger partial charge in [0.25, 0.3) is 0 Å². The summed E-state index contributed by atoms with van der Waals surface area (Å²) in [6.07, 6.45) is 2.54. The molecule has 1 aromatic rings. The van der Waals surface area contributed by atoms with E-state index in [2.05, 4.69) is 47.9 Å². The molecule has 2 aliphatic heterocycles. The number of carbonyl (C=O) groups is 1. The number of likely N-dealkylation sites (tertiary alicyclic amines) is 1. The van der Waals surface area contributed by atoms with Crippen molar-refractivity contribution in [2.75, 3.05) is 50.7 Å². The number of hydrogen-bond donors (Lipinski definition) is 0. The van der Waals surface area contributed by atoms with Crippen molar-refractivity contribution >= 4 is 11.6 Å². The predicted molar refractivity (Wildman–Crippen MR) is 94.8 cm³/mol. The van der Waals surface area contributed by atoms with Gasteiger partial charge in [0.2, 0.25) is 5.91 Å². The predicted octanol–water partition coefficient (Wildman–Crippen LogP) is 2.38. The molecule has 0 aliphatic carbocycles. The van der Waals surface area contributed by atoms with E-state index >= 15 is 0 Å². The van der Waals surface area contributed by atoms with Gasteiger partial charge in [-0.3, -0.25) is 9.69 Å². The highest BCUT2D eigenvalue weighted by atomic mass is 16.2. The number of anilines is 1. The van der Waals surface area contributed by atoms with Gasteiger partial charge in [0.05, 0.1) is 6.54 Å². The van der Waals surface area contributed by atoms with Crippen LogP contribution in [0.2, 0.25) is 0 Å². The molecule has 0 spiro atoms. The first kappa shape index (κ1) is 16.3. The van der Waals surface area contributed by atoms with Crippen LogP contribution >= 0.6 is 0 Å². The van der Waals surface area contributed by atoms with Crippen LogP contribution < -0.4 is 4.90 Å². The number of carbonyl (C=O) groups excluding carboxylic acids is 1. The fourth-order valence-corrected chi connectivity index (χ4v) is 3.76. The Balaban J connectivity index is 1.49. The number of amides is 1. The van der Waals surface area contributed by atoms with Crippen LogP contribution in [0.15, 0.2) is 24.3 Å². The number of piperidine rings is 1. The number of nitrogens with zero attached hydrogens (tertiary/aromatic N) is 3. The summed E-state index contributed by atoms with van der Waals surface area (Å²) >= 11 is 0. The standard InChI is InChI=1S/C19H29N3O/c1-16-5-3-7-18(13-16)21-9-11-22(12-10-21)19(23)15-20-8-4-6-17(2)14-20/h3,5,7,13,17H,4,6,8-12,14-15H2,1-2H3. The zero-order chi connectivity index (χ0) is 16.2. The quantitative estimate of drug-likeness (QED) is 0.857. The number of rotatable bonds is 3. The molecular weight excluding hydrogens is 286 g/mol. The number of piperazine rings is 1. The minimum atomic E-state index is 0.308. The molecule has 1 aromatic carbocycles. The van der Waals surface area contributed by atoms with Crippen molar-refractivity contribution in [1.29, 1.82) is 0 Å². The van der Waals surface area contributed by atoms with E-state index in [1.807, 2.05) is 4.90 Å². The summed E-state index contributed by atoms with van der Waals surface area (Å²) in [7, 11) is 0. The van der Waals surface area contributed by atoms with Gasteiger partial charge in [0, 0.05) is 38.4 Å². The van der Waals surface area contributed by atoms with Crippen molar-refractivity contribution in [3.8, 4) is 0 Å². The fraction of sp³-hybridized carbons (Fsp3) is 0.632. The zero-order valence-corrected chi connectivity index (χ0v) is 14.5. The summed E-state index contributed by atoms with van der Waals surface area (Å²) in [6, 6.07) is 8.63. The van der Waals surface area contributed by atoms with Crippen LogP contribution in [0.1, 0.15) is 25.3 Å². The molecular formula is C19H29N3O. The summed E-state index contributed by atoms with van der Waals surface area (Å²) in [5.74, 6) is 1.04. The van der Waals surface area contributed by atoms with Crippen LogP contribution in [0.5, 0.6) is 0 Å². The van der Waals surface area contributed by atoms with Crippen LogP contribution in [0.3, 0.4) is 0 Å². The molecule has 0 aromatic heterocycles. The molecule has 4 heteroatoms. The van der Waals surface area contributed by atoms with Gasteiger partial charge in [0.1, 0.15) is 0 Å². The Kier molecular flexibility index (Phi) is 5.21. The Bertz CT molecular complexity index is 537. The third kappa shape index (κ3) is 4.25. The average Bonchev–Trinajstić information content (AvgIpc) is 2.55. The molecule has 0 saturated carbocycles. The Morgan fingerprint density at radius 3 is 2.65 bits per heavy atom. The smallest absolute Gasteiger partial charge is 0.236 e. The highest BCUT2D eigenvalue weighted by Crippen LogP contribution is 2.19. The van der Waals surface area contributed by atoms with Crippen LogP contribution in [0.25, 0.3) is 0 Å². The summed E-state index contributed by atoms with van der Waals surface area (Å²) < 4.78 is 0. The van der Waals surface area contributed by atoms with Crippen molar-refractivity contribution in [1.82, 2.24) is 9.80 Å². The molecule has 23 heavy (non-hydrogen) atoms. The fourth-order valence-electron chi connectivity index (χ4n) is 3.76. The molecule has 3 rings (SSSR count). The zero-order valence-electron chi connectivity index (χ0n) is 14.5. The molecule has 0 N–H and O–H groups in total. The highest BCUT2D eigenvalue weighted by molar-refractivity contribution is 5.78. The minimum Gasteiger partial charge on any atom is -0.368 e. The maximum Gasteiger partial charge on any atom is 0.236 e. The molecule has 1 amide bonds. The van der Waals surface area contributed by atoms with Gasteiger partial charge in [0.15, 0.2) is 0 Å². The van der Waals surface area contributed by atoms with E-state index in [1.165, 1.54) is 24.1 Å². The monoisotopic (exact) mass is 315 g/mol. The Morgan fingerprint density at radius 2 is 1.96 bits per heavy atom. The first-order valence-electron chi connectivity index (χ1n) is 8.93. The Hall–Kier alpha value is -1.55. The average molecular weight is 315 g/mol. The van der Waals surface area contributed by atoms with E-state index in [0.29, 0.717) is 12.5 Å². The van der Waals surface area contributed by atoms with Crippen molar-refractivity contribution in [3.05, 3.63) is 29.8 Å². The second kappa shape index (κ2) is 7.35. The second-order valence-electron chi connectivity index (χ2n) is 7.19. The van der Waals surface area contributed by atoms with E-state index in [-0.39, 0.29) is 0 Å². The normalized spacial score (nSPS) is 23.1. The molecule has 2 heterocycles. The van der Waals surface area contributed by atoms with E-state index in [9.17, 15) is 4.79 Å². The van der Waals surface area contributed by atoms with Crippen molar-refractivity contribution in [2.24, 2.45) is 5.92 Å². The third-order valence-electron chi connectivity index (χ3n) is 5.10. The second-order valence-corrected chi connectivity index (χ2v) is 7.19. The van der Waals surface area contributed by atoms with Crippen molar-refractivity contribution in [3.63, 3.8) is 0 Å². The lowest BCUT2D eigenvalue weighted by atomic mass is 10.0. The van der Waals surface area contributed by atoms with E-state index in [0.717, 1.165) is 45.2 Å². The van der Waals surface area contributed by atoms with E-state index in [4.69, 9.17) is 0 Å². The van der Waals surface area contributed by atoms with Gasteiger partial charge in [-0.05, 0) is 49.9 Å². The lowest BCUT2D eigenvalue weighted by Crippen LogP contribution is -2.52. The molecule has 2 saturated heterocycles. The van der Waals surface area contributed by atoms with E-state index < -0.39 is 0 Å². The molecule has 4 nitrogen and oxygen atoms in total. The SMILES string of the molecule is Cc1cccc(N2CCN(C(=O)CN3CCCC(C)C3)CC2)c1. The van der Waals surface area contributed by atoms with Crippen LogP contribution in [-0.4, -0.2) is 61.5 Å². The van der Waals surface area contributed by atoms with Gasteiger partial charge < -0.3 is 9.80 Å².